The van der Waals surface area contributed by atoms with E-state index in [2.05, 4.69) is 127 Å². The van der Waals surface area contributed by atoms with E-state index in [1.54, 1.807) is 0 Å². The largest absolute Gasteiger partial charge is 0.455 e. The van der Waals surface area contributed by atoms with Crippen LogP contribution in [-0.2, 0) is 0 Å². The Bertz CT molecular complexity index is 2910. The van der Waals surface area contributed by atoms with Crippen molar-refractivity contribution in [1.29, 1.82) is 0 Å². The van der Waals surface area contributed by atoms with Crippen molar-refractivity contribution in [3.05, 3.63) is 176 Å². The third-order valence-corrected chi connectivity index (χ3v) is 9.71. The molecule has 2 heterocycles. The molecule has 0 N–H and O–H groups in total. The summed E-state index contributed by atoms with van der Waals surface area (Å²) in [4.78, 5) is 15.1. The lowest BCUT2D eigenvalue weighted by atomic mass is 9.92. The van der Waals surface area contributed by atoms with Gasteiger partial charge < -0.3 is 4.42 Å². The summed E-state index contributed by atoms with van der Waals surface area (Å²) in [6.07, 6.45) is 0. The van der Waals surface area contributed by atoms with Crippen LogP contribution in [0.25, 0.3) is 99.9 Å². The van der Waals surface area contributed by atoms with Crippen LogP contribution in [0, 0.1) is 0 Å². The number of hydrogen-bond acceptors (Lipinski definition) is 4. The maximum absolute atomic E-state index is 6.62. The molecule has 10 aromatic rings. The molecule has 2 aromatic heterocycles. The molecule has 51 heavy (non-hydrogen) atoms. The average Bonchev–Trinajstić information content (AvgIpc) is 3.59. The maximum Gasteiger partial charge on any atom is 0.164 e. The number of hydrogen-bond donors (Lipinski definition) is 0. The molecule has 0 radical (unpaired) electrons. The zero-order valence-corrected chi connectivity index (χ0v) is 27.5. The molecule has 0 saturated carbocycles. The van der Waals surface area contributed by atoms with Crippen LogP contribution in [0.4, 0.5) is 0 Å². The van der Waals surface area contributed by atoms with E-state index in [9.17, 15) is 0 Å². The highest BCUT2D eigenvalue weighted by molar-refractivity contribution is 6.20. The normalized spacial score (nSPS) is 11.5. The number of rotatable bonds is 5. The van der Waals surface area contributed by atoms with Gasteiger partial charge in [0.1, 0.15) is 11.2 Å². The number of aromatic nitrogens is 3. The predicted octanol–water partition coefficient (Wildman–Crippen LogP) is 12.4. The minimum atomic E-state index is 0.607. The molecule has 0 spiro atoms. The van der Waals surface area contributed by atoms with Crippen molar-refractivity contribution in [3.8, 4) is 56.4 Å². The first-order valence-electron chi connectivity index (χ1n) is 17.1. The Labute approximate surface area is 294 Å². The van der Waals surface area contributed by atoms with Crippen LogP contribution in [0.2, 0.25) is 0 Å². The van der Waals surface area contributed by atoms with Gasteiger partial charge in [0.2, 0.25) is 0 Å². The molecule has 0 aliphatic carbocycles. The molecule has 238 valence electrons. The van der Waals surface area contributed by atoms with Gasteiger partial charge in [-0.25, -0.2) is 15.0 Å². The van der Waals surface area contributed by atoms with Gasteiger partial charge >= 0.3 is 0 Å². The van der Waals surface area contributed by atoms with E-state index in [0.717, 1.165) is 60.5 Å². The van der Waals surface area contributed by atoms with Crippen LogP contribution in [-0.4, -0.2) is 15.0 Å². The van der Waals surface area contributed by atoms with Crippen LogP contribution in [0.1, 0.15) is 0 Å². The van der Waals surface area contributed by atoms with Crippen LogP contribution in [0.5, 0.6) is 0 Å². The lowest BCUT2D eigenvalue weighted by Gasteiger charge is -2.11. The molecule has 0 aliphatic heterocycles. The molecular weight excluding hydrogens is 623 g/mol. The lowest BCUT2D eigenvalue weighted by Crippen LogP contribution is -2.00. The third-order valence-electron chi connectivity index (χ3n) is 9.71. The summed E-state index contributed by atoms with van der Waals surface area (Å²) in [5.41, 5.74) is 9.08. The number of fused-ring (bicyclic) bond motifs is 6. The first-order valence-corrected chi connectivity index (χ1v) is 17.1. The molecule has 0 fully saturated rings. The van der Waals surface area contributed by atoms with Gasteiger partial charge in [-0.2, -0.15) is 0 Å². The first-order chi connectivity index (χ1) is 25.3. The van der Waals surface area contributed by atoms with Crippen LogP contribution < -0.4 is 0 Å². The Kier molecular flexibility index (Phi) is 6.78. The fourth-order valence-electron chi connectivity index (χ4n) is 7.24. The predicted molar refractivity (Wildman–Crippen MR) is 209 cm³/mol. The van der Waals surface area contributed by atoms with E-state index in [4.69, 9.17) is 19.4 Å². The lowest BCUT2D eigenvalue weighted by molar-refractivity contribution is 0.672. The SMILES string of the molecule is c1ccc(-c2cccc(-c3nc(-c4ccccc4)nc(-c4ccc5oc6c7ccccc7c(-c7cccc8ccccc78)cc6c5c4)n3)c2)cc1. The van der Waals surface area contributed by atoms with Gasteiger partial charge in [-0.3, -0.25) is 0 Å². The van der Waals surface area contributed by atoms with Gasteiger partial charge in [0.15, 0.2) is 17.5 Å². The highest BCUT2D eigenvalue weighted by Gasteiger charge is 2.18. The van der Waals surface area contributed by atoms with Gasteiger partial charge in [-0.1, -0.05) is 146 Å². The number of furan rings is 1. The maximum atomic E-state index is 6.62. The molecule has 0 bridgehead atoms. The Hall–Kier alpha value is -6.91. The topological polar surface area (TPSA) is 51.8 Å². The molecular formula is C47H29N3O. The average molecular weight is 652 g/mol. The zero-order valence-electron chi connectivity index (χ0n) is 27.5. The van der Waals surface area contributed by atoms with Crippen LogP contribution in [0.3, 0.4) is 0 Å². The summed E-state index contributed by atoms with van der Waals surface area (Å²) < 4.78 is 6.62. The molecule has 10 rings (SSSR count). The van der Waals surface area contributed by atoms with Gasteiger partial charge in [-0.15, -0.1) is 0 Å². The molecule has 8 aromatic carbocycles. The van der Waals surface area contributed by atoms with Crippen molar-refractivity contribution in [2.45, 2.75) is 0 Å². The van der Waals surface area contributed by atoms with E-state index in [0.29, 0.717) is 17.5 Å². The summed E-state index contributed by atoms with van der Waals surface area (Å²) in [5, 5.41) is 6.76. The van der Waals surface area contributed by atoms with E-state index in [1.807, 2.05) is 48.5 Å². The van der Waals surface area contributed by atoms with E-state index < -0.39 is 0 Å². The molecule has 0 unspecified atom stereocenters. The minimum absolute atomic E-state index is 0.607. The monoisotopic (exact) mass is 651 g/mol. The summed E-state index contributed by atoms with van der Waals surface area (Å²) in [6, 6.07) is 61.0. The Morgan fingerprint density at radius 2 is 0.882 bits per heavy atom. The Balaban J connectivity index is 1.18. The number of nitrogens with zero attached hydrogens (tertiary/aromatic N) is 3. The zero-order chi connectivity index (χ0) is 33.7. The second-order valence-electron chi connectivity index (χ2n) is 12.8. The van der Waals surface area contributed by atoms with Crippen molar-refractivity contribution in [1.82, 2.24) is 15.0 Å². The van der Waals surface area contributed by atoms with E-state index >= 15 is 0 Å². The summed E-state index contributed by atoms with van der Waals surface area (Å²) in [6.45, 7) is 0. The van der Waals surface area contributed by atoms with Crippen molar-refractivity contribution in [2.75, 3.05) is 0 Å². The van der Waals surface area contributed by atoms with Crippen molar-refractivity contribution in [2.24, 2.45) is 0 Å². The molecule has 4 heteroatoms. The standard InChI is InChI=1S/C47H29N3O/c1-3-13-30(14-4-1)33-19-11-20-34(27-33)46-48-45(32-16-5-2-6-17-32)49-47(50-46)35-25-26-43-41(28-35)42-29-40(38-22-9-10-23-39(38)44(42)51-43)37-24-12-18-31-15-7-8-21-36(31)37/h1-29H. The Morgan fingerprint density at radius 1 is 0.314 bits per heavy atom. The van der Waals surface area contributed by atoms with Crippen molar-refractivity contribution < 1.29 is 4.42 Å². The molecule has 4 nitrogen and oxygen atoms in total. The van der Waals surface area contributed by atoms with Gasteiger partial charge in [0.25, 0.3) is 0 Å². The summed E-state index contributed by atoms with van der Waals surface area (Å²) in [5.74, 6) is 1.86. The second-order valence-corrected chi connectivity index (χ2v) is 12.8. The minimum Gasteiger partial charge on any atom is -0.455 e. The third kappa shape index (κ3) is 5.04. The van der Waals surface area contributed by atoms with Gasteiger partial charge in [0.05, 0.1) is 0 Å². The summed E-state index contributed by atoms with van der Waals surface area (Å²) >= 11 is 0. The Morgan fingerprint density at radius 3 is 1.67 bits per heavy atom. The van der Waals surface area contributed by atoms with Gasteiger partial charge in [-0.05, 0) is 68.7 Å². The van der Waals surface area contributed by atoms with Gasteiger partial charge in [0, 0.05) is 32.8 Å². The van der Waals surface area contributed by atoms with E-state index in [-0.39, 0.29) is 0 Å². The smallest absolute Gasteiger partial charge is 0.164 e. The molecule has 0 aliphatic rings. The fraction of sp³-hybridized carbons (Fsp3) is 0. The van der Waals surface area contributed by atoms with Crippen molar-refractivity contribution in [3.63, 3.8) is 0 Å². The quantitative estimate of drug-likeness (QED) is 0.186. The van der Waals surface area contributed by atoms with E-state index in [1.165, 1.54) is 21.9 Å². The van der Waals surface area contributed by atoms with Crippen LogP contribution >= 0.6 is 0 Å². The van der Waals surface area contributed by atoms with Crippen molar-refractivity contribution >= 4 is 43.5 Å². The molecule has 0 amide bonds. The molecule has 0 saturated heterocycles. The first kappa shape index (κ1) is 29.0. The fourth-order valence-corrected chi connectivity index (χ4v) is 7.24. The van der Waals surface area contributed by atoms with Crippen LogP contribution in [0.15, 0.2) is 180 Å². The second kappa shape index (κ2) is 11.9. The highest BCUT2D eigenvalue weighted by Crippen LogP contribution is 2.42. The number of benzene rings is 8. The molecule has 0 atom stereocenters. The summed E-state index contributed by atoms with van der Waals surface area (Å²) in [7, 11) is 0. The highest BCUT2D eigenvalue weighted by atomic mass is 16.3.